The van der Waals surface area contributed by atoms with Gasteiger partial charge in [-0.15, -0.1) is 12.4 Å². The first-order valence-electron chi connectivity index (χ1n) is 3.07. The zero-order valence-electron chi connectivity index (χ0n) is 5.89. The highest BCUT2D eigenvalue weighted by Gasteiger charge is 1.95. The van der Waals surface area contributed by atoms with E-state index in [-0.39, 0.29) is 12.4 Å². The number of hydrogen-bond donors (Lipinski definition) is 0. The van der Waals surface area contributed by atoms with Crippen LogP contribution in [-0.4, -0.2) is 0 Å². The van der Waals surface area contributed by atoms with Crippen LogP contribution in [0, 0.1) is 0 Å². The van der Waals surface area contributed by atoms with Crippen molar-refractivity contribution >= 4 is 44.3 Å². The predicted molar refractivity (Wildman–Crippen MR) is 59.0 cm³/mol. The fourth-order valence-corrected chi connectivity index (χ4v) is 1.91. The van der Waals surface area contributed by atoms with Crippen molar-refractivity contribution in [3.63, 3.8) is 0 Å². The van der Waals surface area contributed by atoms with Gasteiger partial charge in [0.1, 0.15) is 0 Å². The molecule has 0 nitrogen and oxygen atoms in total. The molecule has 0 atom stereocenters. The summed E-state index contributed by atoms with van der Waals surface area (Å²) < 4.78 is 0. The van der Waals surface area contributed by atoms with Crippen molar-refractivity contribution in [3.8, 4) is 0 Å². The van der Waals surface area contributed by atoms with E-state index in [9.17, 15) is 0 Å². The monoisotopic (exact) mass is 298 g/mol. The fourth-order valence-electron chi connectivity index (χ4n) is 0.818. The van der Waals surface area contributed by atoms with E-state index >= 15 is 0 Å². The quantitative estimate of drug-likeness (QED) is 0.727. The van der Waals surface area contributed by atoms with Gasteiger partial charge in [-0.25, -0.2) is 0 Å². The maximum Gasteiger partial charge on any atom is 0.0286 e. The molecule has 1 aromatic rings. The molecule has 0 fully saturated rings. The third-order valence-electron chi connectivity index (χ3n) is 1.41. The van der Waals surface area contributed by atoms with E-state index in [1.54, 1.807) is 0 Å². The van der Waals surface area contributed by atoms with E-state index < -0.39 is 0 Å². The Morgan fingerprint density at radius 1 is 0.909 bits per heavy atom. The SMILES string of the molecule is BrCc1ccccc1CBr.Cl. The summed E-state index contributed by atoms with van der Waals surface area (Å²) in [6.07, 6.45) is 0. The summed E-state index contributed by atoms with van der Waals surface area (Å²) in [5.74, 6) is 0. The van der Waals surface area contributed by atoms with Crippen LogP contribution in [0.2, 0.25) is 0 Å². The van der Waals surface area contributed by atoms with Crippen LogP contribution in [-0.2, 0) is 10.7 Å². The van der Waals surface area contributed by atoms with Crippen LogP contribution in [0.4, 0.5) is 0 Å². The lowest BCUT2D eigenvalue weighted by Crippen LogP contribution is -1.84. The molecule has 0 bridgehead atoms. The molecule has 0 saturated heterocycles. The molecule has 0 heterocycles. The summed E-state index contributed by atoms with van der Waals surface area (Å²) in [7, 11) is 0. The summed E-state index contributed by atoms with van der Waals surface area (Å²) in [5.41, 5.74) is 2.72. The van der Waals surface area contributed by atoms with Crippen LogP contribution in [0.25, 0.3) is 0 Å². The molecule has 0 saturated carbocycles. The minimum absolute atomic E-state index is 0. The molecule has 0 aliphatic carbocycles. The zero-order chi connectivity index (χ0) is 7.40. The van der Waals surface area contributed by atoms with Crippen LogP contribution in [0.15, 0.2) is 24.3 Å². The van der Waals surface area contributed by atoms with Gasteiger partial charge >= 0.3 is 0 Å². The van der Waals surface area contributed by atoms with Gasteiger partial charge in [-0.3, -0.25) is 0 Å². The van der Waals surface area contributed by atoms with Gasteiger partial charge in [0, 0.05) is 10.7 Å². The lowest BCUT2D eigenvalue weighted by molar-refractivity contribution is 1.30. The summed E-state index contributed by atoms with van der Waals surface area (Å²) >= 11 is 6.86. The highest BCUT2D eigenvalue weighted by molar-refractivity contribution is 9.09. The van der Waals surface area contributed by atoms with Crippen molar-refractivity contribution in [2.45, 2.75) is 10.7 Å². The van der Waals surface area contributed by atoms with E-state index in [2.05, 4.69) is 56.1 Å². The first-order valence-corrected chi connectivity index (χ1v) is 5.31. The van der Waals surface area contributed by atoms with E-state index in [0.717, 1.165) is 10.7 Å². The van der Waals surface area contributed by atoms with Crippen LogP contribution >= 0.6 is 44.3 Å². The van der Waals surface area contributed by atoms with E-state index in [4.69, 9.17) is 0 Å². The maximum atomic E-state index is 3.43. The molecule has 0 amide bonds. The predicted octanol–water partition coefficient (Wildman–Crippen LogP) is 3.90. The third-order valence-corrected chi connectivity index (χ3v) is 2.61. The topological polar surface area (TPSA) is 0 Å². The summed E-state index contributed by atoms with van der Waals surface area (Å²) in [6.45, 7) is 0. The summed E-state index contributed by atoms with van der Waals surface area (Å²) in [4.78, 5) is 0. The van der Waals surface area contributed by atoms with Crippen molar-refractivity contribution in [2.24, 2.45) is 0 Å². The highest BCUT2D eigenvalue weighted by atomic mass is 79.9. The minimum Gasteiger partial charge on any atom is -0.147 e. The highest BCUT2D eigenvalue weighted by Crippen LogP contribution is 2.14. The molecule has 0 spiro atoms. The van der Waals surface area contributed by atoms with E-state index in [1.165, 1.54) is 11.1 Å². The maximum absolute atomic E-state index is 3.43. The molecule has 0 unspecified atom stereocenters. The van der Waals surface area contributed by atoms with Crippen molar-refractivity contribution < 1.29 is 0 Å². The molecular weight excluding hydrogens is 291 g/mol. The Bertz CT molecular complexity index is 190. The second-order valence-electron chi connectivity index (χ2n) is 2.04. The second kappa shape index (κ2) is 6.04. The standard InChI is InChI=1S/C8H8Br2.ClH/c9-5-7-3-1-2-4-8(7)6-10;/h1-4H,5-6H2;1H. The first-order chi connectivity index (χ1) is 4.88. The Kier molecular flexibility index (Phi) is 6.30. The van der Waals surface area contributed by atoms with Gasteiger partial charge in [0.15, 0.2) is 0 Å². The van der Waals surface area contributed by atoms with Crippen LogP contribution in [0.3, 0.4) is 0 Å². The van der Waals surface area contributed by atoms with Crippen molar-refractivity contribution in [1.29, 1.82) is 0 Å². The molecule has 0 aromatic heterocycles. The number of alkyl halides is 2. The van der Waals surface area contributed by atoms with Gasteiger partial charge in [0.25, 0.3) is 0 Å². The Hall–Kier alpha value is 0.470. The van der Waals surface area contributed by atoms with Gasteiger partial charge in [-0.2, -0.15) is 0 Å². The third kappa shape index (κ3) is 3.14. The number of halogens is 3. The normalized spacial score (nSPS) is 8.91. The summed E-state index contributed by atoms with van der Waals surface area (Å²) in [5, 5.41) is 1.88. The molecule has 0 N–H and O–H groups in total. The number of benzene rings is 1. The molecule has 0 radical (unpaired) electrons. The van der Waals surface area contributed by atoms with Gasteiger partial charge in [-0.1, -0.05) is 56.1 Å². The Morgan fingerprint density at radius 2 is 1.27 bits per heavy atom. The Morgan fingerprint density at radius 3 is 1.55 bits per heavy atom. The first kappa shape index (κ1) is 11.5. The van der Waals surface area contributed by atoms with Gasteiger partial charge in [0.2, 0.25) is 0 Å². The minimum atomic E-state index is 0. The molecule has 11 heavy (non-hydrogen) atoms. The molecule has 62 valence electrons. The van der Waals surface area contributed by atoms with Crippen molar-refractivity contribution in [2.75, 3.05) is 0 Å². The molecule has 0 aliphatic rings. The Balaban J connectivity index is 0.000001000. The van der Waals surface area contributed by atoms with E-state index in [1.807, 2.05) is 0 Å². The van der Waals surface area contributed by atoms with Crippen LogP contribution < -0.4 is 0 Å². The molecule has 0 aliphatic heterocycles. The van der Waals surface area contributed by atoms with Gasteiger partial charge in [0.05, 0.1) is 0 Å². The number of rotatable bonds is 2. The summed E-state index contributed by atoms with van der Waals surface area (Å²) in [6, 6.07) is 8.38. The van der Waals surface area contributed by atoms with Crippen molar-refractivity contribution in [1.82, 2.24) is 0 Å². The number of hydrogen-bond acceptors (Lipinski definition) is 0. The average Bonchev–Trinajstić information content (AvgIpc) is 2.04. The molecule has 1 rings (SSSR count). The second-order valence-corrected chi connectivity index (χ2v) is 3.16. The zero-order valence-corrected chi connectivity index (χ0v) is 9.88. The fraction of sp³-hybridized carbons (Fsp3) is 0.250. The molecular formula is C8H9Br2Cl. The average molecular weight is 300 g/mol. The van der Waals surface area contributed by atoms with E-state index in [0.29, 0.717) is 0 Å². The lowest BCUT2D eigenvalue weighted by atomic mass is 10.1. The molecule has 3 heteroatoms. The van der Waals surface area contributed by atoms with Gasteiger partial charge < -0.3 is 0 Å². The van der Waals surface area contributed by atoms with Gasteiger partial charge in [-0.05, 0) is 11.1 Å². The Labute approximate surface area is 90.0 Å². The van der Waals surface area contributed by atoms with Crippen molar-refractivity contribution in [3.05, 3.63) is 35.4 Å². The van der Waals surface area contributed by atoms with Crippen LogP contribution in [0.1, 0.15) is 11.1 Å². The lowest BCUT2D eigenvalue weighted by Gasteiger charge is -2.00. The van der Waals surface area contributed by atoms with Crippen LogP contribution in [0.5, 0.6) is 0 Å². The smallest absolute Gasteiger partial charge is 0.0286 e. The largest absolute Gasteiger partial charge is 0.147 e. The molecule has 1 aromatic carbocycles.